The Balaban J connectivity index is 0.00000308. The number of aromatic amines is 1. The molecule has 204 valence electrons. The molecule has 2 aromatic rings. The summed E-state index contributed by atoms with van der Waals surface area (Å²) in [5.74, 6) is 0.312. The highest BCUT2D eigenvalue weighted by Crippen LogP contribution is 2.23. The van der Waals surface area contributed by atoms with E-state index in [0.29, 0.717) is 33.6 Å². The third-order valence-corrected chi connectivity index (χ3v) is 4.86. The van der Waals surface area contributed by atoms with Crippen LogP contribution >= 0.6 is 0 Å². The van der Waals surface area contributed by atoms with Crippen LogP contribution in [0.2, 0.25) is 0 Å². The summed E-state index contributed by atoms with van der Waals surface area (Å²) in [5, 5.41) is 0.609. The van der Waals surface area contributed by atoms with Gasteiger partial charge in [0.15, 0.2) is 5.43 Å². The first kappa shape index (κ1) is 33.4. The highest BCUT2D eigenvalue weighted by molar-refractivity contribution is 5.96. The maximum absolute atomic E-state index is 12.6. The molecule has 0 bridgehead atoms. The molecule has 0 saturated heterocycles. The second kappa shape index (κ2) is 16.2. The summed E-state index contributed by atoms with van der Waals surface area (Å²) in [6.45, 7) is 16.2. The molecule has 0 unspecified atom stereocenters. The number of fused-ring (bicyclic) bond motifs is 1. The number of nitrogens with one attached hydrogen (secondary N) is 1. The van der Waals surface area contributed by atoms with Crippen molar-refractivity contribution in [2.75, 3.05) is 0 Å². The first-order valence-corrected chi connectivity index (χ1v) is 12.2. The number of nitrogens with two attached hydrogens (primary N) is 1. The number of aromatic nitrogens is 1. The number of halogens is 3. The monoisotopic (exact) mass is 520 g/mol. The fraction of sp³-hybridized carbons (Fsp3) is 0.393. The van der Waals surface area contributed by atoms with E-state index in [1.165, 1.54) is 25.3 Å². The molecule has 0 aliphatic heterocycles. The van der Waals surface area contributed by atoms with Gasteiger partial charge in [0.1, 0.15) is 17.4 Å². The summed E-state index contributed by atoms with van der Waals surface area (Å²) < 4.78 is 41.2. The highest BCUT2D eigenvalue weighted by Gasteiger charge is 2.31. The van der Waals surface area contributed by atoms with E-state index in [1.54, 1.807) is 39.8 Å². The summed E-state index contributed by atoms with van der Waals surface area (Å²) in [5.41, 5.74) is 9.13. The third-order valence-electron chi connectivity index (χ3n) is 4.86. The Morgan fingerprint density at radius 2 is 1.68 bits per heavy atom. The fourth-order valence-electron chi connectivity index (χ4n) is 2.94. The number of ether oxygens (including phenoxy) is 1. The number of rotatable bonds is 6. The Labute approximate surface area is 217 Å². The number of nitrogens with zero attached hydrogens (tertiary/aromatic N) is 2. The highest BCUT2D eigenvalue weighted by atomic mass is 19.4. The molecule has 0 radical (unpaired) electrons. The van der Waals surface area contributed by atoms with Gasteiger partial charge in [-0.3, -0.25) is 4.79 Å². The molecule has 2 rings (SSSR count). The predicted molar refractivity (Wildman–Crippen MR) is 149 cm³/mol. The number of hydrogen-bond donors (Lipinski definition) is 2. The lowest BCUT2D eigenvalue weighted by Gasteiger charge is -2.10. The molecule has 0 atom stereocenters. The topological polar surface area (TPSA) is 92.8 Å². The van der Waals surface area contributed by atoms with Crippen LogP contribution in [0.25, 0.3) is 10.9 Å². The van der Waals surface area contributed by atoms with Crippen LogP contribution in [0, 0.1) is 6.92 Å². The van der Waals surface area contributed by atoms with Gasteiger partial charge < -0.3 is 15.5 Å². The van der Waals surface area contributed by atoms with Gasteiger partial charge in [0.25, 0.3) is 0 Å². The van der Waals surface area contributed by atoms with Crippen molar-refractivity contribution in [1.82, 2.24) is 4.98 Å². The molecule has 0 saturated carbocycles. The van der Waals surface area contributed by atoms with Gasteiger partial charge in [-0.05, 0) is 70.0 Å². The van der Waals surface area contributed by atoms with E-state index in [-0.39, 0.29) is 23.4 Å². The zero-order valence-electron chi connectivity index (χ0n) is 23.2. The van der Waals surface area contributed by atoms with E-state index in [1.807, 2.05) is 39.8 Å². The van der Waals surface area contributed by atoms with Gasteiger partial charge in [-0.1, -0.05) is 39.8 Å². The number of hydrogen-bond acceptors (Lipinski definition) is 3. The molecule has 1 aromatic heterocycles. The number of H-pyrrole nitrogens is 1. The van der Waals surface area contributed by atoms with Crippen molar-refractivity contribution >= 4 is 22.6 Å². The Morgan fingerprint density at radius 1 is 1.08 bits per heavy atom. The molecule has 0 spiro atoms. The number of pyridine rings is 1. The van der Waals surface area contributed by atoms with Gasteiger partial charge in [0.2, 0.25) is 0 Å². The lowest BCUT2D eigenvalue weighted by atomic mass is 10.1. The van der Waals surface area contributed by atoms with Crippen molar-refractivity contribution in [3.8, 4) is 0 Å². The summed E-state index contributed by atoms with van der Waals surface area (Å²) in [6.07, 6.45) is -0.532. The number of alkyl halides is 3. The lowest BCUT2D eigenvalue weighted by Crippen LogP contribution is -2.21. The van der Waals surface area contributed by atoms with Crippen LogP contribution in [-0.4, -0.2) is 23.0 Å². The zero-order valence-corrected chi connectivity index (χ0v) is 23.2. The summed E-state index contributed by atoms with van der Waals surface area (Å²) >= 11 is 0. The van der Waals surface area contributed by atoms with Crippen molar-refractivity contribution in [2.24, 2.45) is 15.7 Å². The van der Waals surface area contributed by atoms with E-state index in [9.17, 15) is 18.0 Å². The van der Waals surface area contributed by atoms with E-state index < -0.39 is 6.36 Å². The van der Waals surface area contributed by atoms with Gasteiger partial charge >= 0.3 is 6.36 Å². The van der Waals surface area contributed by atoms with Gasteiger partial charge in [-0.25, -0.2) is 9.98 Å². The minimum atomic E-state index is -4.76. The lowest BCUT2D eigenvalue weighted by molar-refractivity contribution is -0.303. The molecule has 1 aromatic carbocycles. The quantitative estimate of drug-likeness (QED) is 0.179. The molecule has 0 aliphatic rings. The average molecular weight is 521 g/mol. The van der Waals surface area contributed by atoms with E-state index in [0.717, 1.165) is 5.52 Å². The molecule has 9 heteroatoms. The first-order chi connectivity index (χ1) is 17.4. The molecular formula is C28H39F3N4O2. The second-order valence-electron chi connectivity index (χ2n) is 7.44. The molecule has 0 amide bonds. The SMILES string of the molecule is CC.CC.C\C=C(/C=C(C)/C(C)=C/N=C(C)N=C(N)Cc1[nH]c2ccccc2c(=O)c1C)OC(F)(F)F. The molecule has 1 heterocycles. The maximum atomic E-state index is 12.6. The molecule has 6 nitrogen and oxygen atoms in total. The number of benzene rings is 1. The Bertz CT molecular complexity index is 1230. The zero-order chi connectivity index (χ0) is 28.8. The predicted octanol–water partition coefficient (Wildman–Crippen LogP) is 7.50. The Kier molecular flexibility index (Phi) is 14.6. The minimum absolute atomic E-state index is 0.0617. The number of amidine groups is 2. The molecular weight excluding hydrogens is 481 g/mol. The Morgan fingerprint density at radius 3 is 2.24 bits per heavy atom. The van der Waals surface area contributed by atoms with E-state index in [2.05, 4.69) is 19.7 Å². The second-order valence-corrected chi connectivity index (χ2v) is 7.44. The molecule has 3 N–H and O–H groups in total. The maximum Gasteiger partial charge on any atom is 0.573 e. The normalized spacial score (nSPS) is 13.5. The van der Waals surface area contributed by atoms with Crippen LogP contribution in [0.4, 0.5) is 13.2 Å². The molecule has 37 heavy (non-hydrogen) atoms. The largest absolute Gasteiger partial charge is 0.573 e. The van der Waals surface area contributed by atoms with E-state index >= 15 is 0 Å². The number of allylic oxidation sites excluding steroid dienone is 4. The molecule has 0 fully saturated rings. The van der Waals surface area contributed by atoms with Crippen LogP contribution in [0.3, 0.4) is 0 Å². The minimum Gasteiger partial charge on any atom is -0.406 e. The smallest absolute Gasteiger partial charge is 0.406 e. The summed E-state index contributed by atoms with van der Waals surface area (Å²) in [6, 6.07) is 7.23. The average Bonchev–Trinajstić information content (AvgIpc) is 2.86. The van der Waals surface area contributed by atoms with Crippen molar-refractivity contribution in [2.45, 2.75) is 75.1 Å². The van der Waals surface area contributed by atoms with Crippen molar-refractivity contribution in [3.05, 3.63) is 81.0 Å². The van der Waals surface area contributed by atoms with Crippen LogP contribution in [-0.2, 0) is 11.2 Å². The van der Waals surface area contributed by atoms with Crippen molar-refractivity contribution < 1.29 is 17.9 Å². The van der Waals surface area contributed by atoms with Crippen LogP contribution in [0.1, 0.15) is 66.6 Å². The standard InChI is InChI=1S/C24H27F3N4O2.2C2H6/c1-6-18(33-24(25,26)27)11-14(2)15(3)13-29-17(5)30-22(28)12-21-16(4)23(32)19-9-7-8-10-20(19)31-21;2*1-2/h6-11,13H,12H2,1-5H3,(H,31,32)(H2,28,29,30);2*1-2H3/b14-11+,15-13+,18-6+;;. The fourth-order valence-corrected chi connectivity index (χ4v) is 2.94. The van der Waals surface area contributed by atoms with Crippen LogP contribution in [0.5, 0.6) is 0 Å². The number of aliphatic imine (C=N–C) groups is 2. The van der Waals surface area contributed by atoms with Gasteiger partial charge in [-0.15, -0.1) is 13.2 Å². The van der Waals surface area contributed by atoms with Crippen molar-refractivity contribution in [1.29, 1.82) is 0 Å². The van der Waals surface area contributed by atoms with Crippen LogP contribution < -0.4 is 11.2 Å². The third kappa shape index (κ3) is 11.3. The van der Waals surface area contributed by atoms with Gasteiger partial charge in [0, 0.05) is 34.8 Å². The summed E-state index contributed by atoms with van der Waals surface area (Å²) in [4.78, 5) is 24.3. The van der Waals surface area contributed by atoms with Gasteiger partial charge in [0.05, 0.1) is 0 Å². The Hall–Kier alpha value is -3.62. The van der Waals surface area contributed by atoms with Gasteiger partial charge in [-0.2, -0.15) is 0 Å². The van der Waals surface area contributed by atoms with Crippen molar-refractivity contribution in [3.63, 3.8) is 0 Å². The first-order valence-electron chi connectivity index (χ1n) is 12.2. The summed E-state index contributed by atoms with van der Waals surface area (Å²) in [7, 11) is 0. The van der Waals surface area contributed by atoms with E-state index in [4.69, 9.17) is 5.73 Å². The van der Waals surface area contributed by atoms with Crippen LogP contribution in [0.15, 0.2) is 74.3 Å². The number of para-hydroxylation sites is 1. The molecule has 0 aliphatic carbocycles.